The summed E-state index contributed by atoms with van der Waals surface area (Å²) in [6, 6.07) is 6.98. The van der Waals surface area contributed by atoms with Crippen LogP contribution in [-0.4, -0.2) is 19.1 Å². The van der Waals surface area contributed by atoms with Crippen LogP contribution in [0.5, 0.6) is 0 Å². The van der Waals surface area contributed by atoms with E-state index in [2.05, 4.69) is 26.0 Å². The van der Waals surface area contributed by atoms with Crippen molar-refractivity contribution in [1.82, 2.24) is 4.48 Å². The molecule has 17 heavy (non-hydrogen) atoms. The maximum atomic E-state index is 6.13. The molecule has 0 amide bonds. The number of rotatable bonds is 2. The predicted octanol–water partition coefficient (Wildman–Crippen LogP) is 4.36. The molecule has 0 aliphatic carbocycles. The molecule has 2 aliphatic heterocycles. The number of quaternary nitrogens is 1. The first-order chi connectivity index (χ1) is 8.03. The molecule has 0 radical (unpaired) electrons. The summed E-state index contributed by atoms with van der Waals surface area (Å²) in [5, 5.41) is 1.35. The first-order valence-corrected chi connectivity index (χ1v) is 7.11. The van der Waals surface area contributed by atoms with Gasteiger partial charge in [0.1, 0.15) is 18.3 Å². The lowest BCUT2D eigenvalue weighted by Gasteiger charge is -2.20. The van der Waals surface area contributed by atoms with Crippen molar-refractivity contribution >= 4 is 28.9 Å². The Hall–Kier alpha value is -0.240. The van der Waals surface area contributed by atoms with Crippen molar-refractivity contribution in [3.05, 3.63) is 28.2 Å². The summed E-state index contributed by atoms with van der Waals surface area (Å²) in [7, 11) is 0. The highest BCUT2D eigenvalue weighted by Crippen LogP contribution is 2.50. The van der Waals surface area contributed by atoms with E-state index in [9.17, 15) is 0 Å². The minimum Gasteiger partial charge on any atom is -0.279 e. The first-order valence-electron chi connectivity index (χ1n) is 6.35. The average Bonchev–Trinajstić information content (AvgIpc) is 2.85. The van der Waals surface area contributed by atoms with Crippen molar-refractivity contribution in [2.24, 2.45) is 11.8 Å². The van der Waals surface area contributed by atoms with E-state index in [0.717, 1.165) is 22.4 Å². The van der Waals surface area contributed by atoms with Gasteiger partial charge in [-0.15, -0.1) is 0 Å². The largest absolute Gasteiger partial charge is 0.279 e. The Morgan fingerprint density at radius 1 is 1.18 bits per heavy atom. The lowest BCUT2D eigenvalue weighted by molar-refractivity contribution is 0.369. The second-order valence-corrected chi connectivity index (χ2v) is 6.71. The van der Waals surface area contributed by atoms with Crippen LogP contribution >= 0.6 is 23.2 Å². The fourth-order valence-corrected chi connectivity index (χ4v) is 3.63. The summed E-state index contributed by atoms with van der Waals surface area (Å²) in [5.41, 5.74) is 1.35. The van der Waals surface area contributed by atoms with E-state index in [1.807, 2.05) is 6.07 Å². The lowest BCUT2D eigenvalue weighted by atomic mass is 9.93. The molecular weight excluding hydrogens is 253 g/mol. The van der Waals surface area contributed by atoms with E-state index >= 15 is 0 Å². The van der Waals surface area contributed by atoms with E-state index in [1.54, 1.807) is 0 Å². The van der Waals surface area contributed by atoms with Crippen LogP contribution in [0.1, 0.15) is 20.3 Å². The maximum absolute atomic E-state index is 6.13. The normalized spacial score (nSPS) is 35.1. The molecule has 0 N–H and O–H groups in total. The molecule has 92 valence electrons. The van der Waals surface area contributed by atoms with Crippen molar-refractivity contribution in [2.45, 2.75) is 26.3 Å². The molecule has 1 nitrogen and oxygen atoms in total. The molecule has 1 unspecified atom stereocenters. The minimum atomic E-state index is 0.659. The Morgan fingerprint density at radius 3 is 2.53 bits per heavy atom. The van der Waals surface area contributed by atoms with Gasteiger partial charge in [-0.25, -0.2) is 0 Å². The second-order valence-electron chi connectivity index (χ2n) is 5.89. The Balaban J connectivity index is 1.88. The molecule has 0 saturated carbocycles. The standard InChI is InChI=1S/C14H18Cl2N/c1-9(2)10-5-12-8-17(12,7-10)11-3-4-13(15)14(16)6-11/h3-4,6,9-10,12H,5,7-8H2,1-2H3/q+1/t10?,12-,17-/m0/s1. The van der Waals surface area contributed by atoms with Gasteiger partial charge in [0, 0.05) is 24.5 Å². The molecule has 2 fully saturated rings. The minimum absolute atomic E-state index is 0.659. The Morgan fingerprint density at radius 2 is 1.94 bits per heavy atom. The third-order valence-corrected chi connectivity index (χ3v) is 5.34. The van der Waals surface area contributed by atoms with Crippen molar-refractivity contribution in [3.8, 4) is 0 Å². The zero-order valence-electron chi connectivity index (χ0n) is 10.3. The molecule has 0 spiro atoms. The second kappa shape index (κ2) is 3.88. The highest BCUT2D eigenvalue weighted by Gasteiger charge is 2.63. The van der Waals surface area contributed by atoms with Gasteiger partial charge in [0.05, 0.1) is 16.6 Å². The van der Waals surface area contributed by atoms with Crippen LogP contribution in [-0.2, 0) is 0 Å². The van der Waals surface area contributed by atoms with Gasteiger partial charge in [-0.1, -0.05) is 37.0 Å². The van der Waals surface area contributed by atoms with Gasteiger partial charge in [0.15, 0.2) is 0 Å². The molecule has 0 aromatic heterocycles. The first kappa shape index (κ1) is 11.8. The molecule has 3 atom stereocenters. The summed E-state index contributed by atoms with van der Waals surface area (Å²) in [4.78, 5) is 0. The van der Waals surface area contributed by atoms with E-state index in [-0.39, 0.29) is 0 Å². The molecule has 3 heteroatoms. The van der Waals surface area contributed by atoms with Crippen LogP contribution in [0.3, 0.4) is 0 Å². The number of hydrogen-bond donors (Lipinski definition) is 0. The van der Waals surface area contributed by atoms with Crippen LogP contribution < -0.4 is 4.48 Å². The monoisotopic (exact) mass is 270 g/mol. The molecule has 3 rings (SSSR count). The highest BCUT2D eigenvalue weighted by molar-refractivity contribution is 6.42. The Labute approximate surface area is 113 Å². The molecule has 0 bridgehead atoms. The topological polar surface area (TPSA) is 0 Å². The maximum Gasteiger partial charge on any atom is 0.144 e. The lowest BCUT2D eigenvalue weighted by Crippen LogP contribution is -2.29. The number of hydrogen-bond acceptors (Lipinski definition) is 0. The summed E-state index contributed by atoms with van der Waals surface area (Å²) in [6.07, 6.45) is 1.37. The van der Waals surface area contributed by atoms with E-state index in [0.29, 0.717) is 10.0 Å². The van der Waals surface area contributed by atoms with Gasteiger partial charge in [-0.2, -0.15) is 0 Å². The quantitative estimate of drug-likeness (QED) is 0.554. The van der Waals surface area contributed by atoms with Gasteiger partial charge < -0.3 is 0 Å². The van der Waals surface area contributed by atoms with Crippen molar-refractivity contribution < 1.29 is 0 Å². The van der Waals surface area contributed by atoms with Crippen LogP contribution in [0.4, 0.5) is 5.69 Å². The highest BCUT2D eigenvalue weighted by atomic mass is 35.5. The number of benzene rings is 1. The van der Waals surface area contributed by atoms with Crippen LogP contribution in [0.2, 0.25) is 10.0 Å². The predicted molar refractivity (Wildman–Crippen MR) is 74.7 cm³/mol. The van der Waals surface area contributed by atoms with Gasteiger partial charge >= 0.3 is 0 Å². The third-order valence-electron chi connectivity index (χ3n) is 4.60. The summed E-state index contributed by atoms with van der Waals surface area (Å²) < 4.78 is 1.15. The van der Waals surface area contributed by atoms with Crippen molar-refractivity contribution in [3.63, 3.8) is 0 Å². The van der Waals surface area contributed by atoms with Crippen LogP contribution in [0.25, 0.3) is 0 Å². The molecule has 1 aromatic rings. The van der Waals surface area contributed by atoms with Gasteiger partial charge in [0.25, 0.3) is 0 Å². The van der Waals surface area contributed by atoms with E-state index < -0.39 is 0 Å². The van der Waals surface area contributed by atoms with Gasteiger partial charge in [0.2, 0.25) is 0 Å². The molecular formula is C14H18Cl2N+. The van der Waals surface area contributed by atoms with Crippen molar-refractivity contribution in [1.29, 1.82) is 0 Å². The van der Waals surface area contributed by atoms with E-state index in [4.69, 9.17) is 23.2 Å². The molecule has 1 aromatic carbocycles. The summed E-state index contributed by atoms with van der Waals surface area (Å²) in [5.74, 6) is 1.66. The van der Waals surface area contributed by atoms with Gasteiger partial charge in [-0.3, -0.25) is 4.48 Å². The average molecular weight is 271 g/mol. The summed E-state index contributed by atoms with van der Waals surface area (Å²) in [6.45, 7) is 7.24. The number of halogens is 2. The SMILES string of the molecule is CC(C)C1C[C@H]2C[N@+]2(c2ccc(Cl)c(Cl)c2)C1. The Kier molecular flexibility index (Phi) is 2.70. The molecule has 2 saturated heterocycles. The number of piperidine rings is 1. The fraction of sp³-hybridized carbons (Fsp3) is 0.571. The van der Waals surface area contributed by atoms with Crippen molar-refractivity contribution in [2.75, 3.05) is 13.1 Å². The van der Waals surface area contributed by atoms with Crippen LogP contribution in [0.15, 0.2) is 18.2 Å². The van der Waals surface area contributed by atoms with E-state index in [1.165, 1.54) is 25.2 Å². The molecule has 2 aliphatic rings. The zero-order chi connectivity index (χ0) is 12.2. The van der Waals surface area contributed by atoms with Crippen LogP contribution in [0, 0.1) is 11.8 Å². The fourth-order valence-electron chi connectivity index (χ4n) is 3.34. The Bertz CT molecular complexity index is 458. The van der Waals surface area contributed by atoms with Gasteiger partial charge in [-0.05, 0) is 12.0 Å². The third kappa shape index (κ3) is 1.80. The zero-order valence-corrected chi connectivity index (χ0v) is 11.8. The number of nitrogens with zero attached hydrogens (tertiary/aromatic N) is 1. The summed E-state index contributed by atoms with van der Waals surface area (Å²) >= 11 is 12.1. The molecule has 2 heterocycles. The smallest absolute Gasteiger partial charge is 0.144 e. The number of fused-ring (bicyclic) bond motifs is 1.